The molecule has 120 valence electrons. The highest BCUT2D eigenvalue weighted by molar-refractivity contribution is 5.87. The normalized spacial score (nSPS) is 37.0. The van der Waals surface area contributed by atoms with Crippen LogP contribution in [0.1, 0.15) is 24.3 Å². The Bertz CT molecular complexity index is 1100. The molecule has 3 rings (SSSR count). The van der Waals surface area contributed by atoms with Crippen LogP contribution < -0.4 is 4.90 Å². The van der Waals surface area contributed by atoms with Crippen LogP contribution in [0.5, 0.6) is 0 Å². The summed E-state index contributed by atoms with van der Waals surface area (Å²) in [5.74, 6) is -3.46. The highest BCUT2D eigenvalue weighted by Crippen LogP contribution is 2.28. The molecule has 0 aromatic carbocycles. The summed E-state index contributed by atoms with van der Waals surface area (Å²) in [5.41, 5.74) is 0.106. The standard InChI is InChI=1S/C16H20N6O/c1-11-5-7-22(14(23)8-17-2)9-13(11)21(3)16-12-4-6-18-15(12)19-10-20-16/h4,6,10-11,13H,5,7-9H2,1,3H3,(H,18,19,20)/t11-,13+/m1/s1/i4D,7D2,9D2,10D,11D,13D. The number of amides is 1. The third-order valence-corrected chi connectivity index (χ3v) is 3.44. The Labute approximate surface area is 146 Å². The van der Waals surface area contributed by atoms with E-state index in [9.17, 15) is 4.79 Å². The smallest absolute Gasteiger partial charge is 0.302 e. The van der Waals surface area contributed by atoms with E-state index in [1.165, 1.54) is 20.2 Å². The number of hydrogen-bond donors (Lipinski definition) is 1. The van der Waals surface area contributed by atoms with Crippen LogP contribution >= 0.6 is 0 Å². The van der Waals surface area contributed by atoms with Crippen LogP contribution in [-0.2, 0) is 4.79 Å². The molecule has 7 nitrogen and oxygen atoms in total. The first kappa shape index (κ1) is 8.29. The van der Waals surface area contributed by atoms with Crippen molar-refractivity contribution >= 4 is 22.8 Å². The number of hydrogen-bond acceptors (Lipinski definition) is 4. The largest absolute Gasteiger partial charge is 0.354 e. The number of carbonyl (C=O) groups is 1. The SMILES string of the molecule is [2H]c1nc(N(C)[C@@]2([2H])C([2H])([2H])N(C(=O)C[N+]#[C-])C([2H])([2H])C[C@@]2([2H])C)c2c([2H])c[nH]c2n1. The number of carbonyl (C=O) groups excluding carboxylic acids is 1. The number of piperidine rings is 1. The number of likely N-dealkylation sites (tertiary alicyclic amines) is 1. The summed E-state index contributed by atoms with van der Waals surface area (Å²) in [7, 11) is 1.24. The lowest BCUT2D eigenvalue weighted by Gasteiger charge is -2.41. The molecule has 23 heavy (non-hydrogen) atoms. The van der Waals surface area contributed by atoms with E-state index in [-0.39, 0.29) is 27.8 Å². The van der Waals surface area contributed by atoms with Crippen molar-refractivity contribution in [2.24, 2.45) is 5.89 Å². The molecule has 0 spiro atoms. The van der Waals surface area contributed by atoms with Gasteiger partial charge in [-0.05, 0) is 18.4 Å². The average molecular weight is 320 g/mol. The van der Waals surface area contributed by atoms with Gasteiger partial charge in [0.1, 0.15) is 19.1 Å². The summed E-state index contributed by atoms with van der Waals surface area (Å²) >= 11 is 0. The number of nitrogens with one attached hydrogen (secondary N) is 1. The number of anilines is 1. The van der Waals surface area contributed by atoms with Crippen molar-refractivity contribution in [2.45, 2.75) is 19.4 Å². The molecule has 2 atom stereocenters. The van der Waals surface area contributed by atoms with E-state index in [0.717, 1.165) is 4.90 Å². The van der Waals surface area contributed by atoms with Gasteiger partial charge in [-0.25, -0.2) is 16.5 Å². The van der Waals surface area contributed by atoms with Gasteiger partial charge in [0.25, 0.3) is 6.54 Å². The van der Waals surface area contributed by atoms with Crippen molar-refractivity contribution in [3.63, 3.8) is 0 Å². The van der Waals surface area contributed by atoms with E-state index in [0.29, 0.717) is 0 Å². The molecular formula is C16H20N6O. The zero-order valence-corrected chi connectivity index (χ0v) is 12.6. The lowest BCUT2D eigenvalue weighted by atomic mass is 9.92. The molecule has 0 saturated carbocycles. The van der Waals surface area contributed by atoms with Crippen molar-refractivity contribution in [1.82, 2.24) is 19.9 Å². The molecular weight excluding hydrogens is 292 g/mol. The third-order valence-electron chi connectivity index (χ3n) is 3.44. The molecule has 3 heterocycles. The number of H-pyrrole nitrogens is 1. The van der Waals surface area contributed by atoms with Gasteiger partial charge < -0.3 is 19.6 Å². The van der Waals surface area contributed by atoms with Crippen molar-refractivity contribution in [3.05, 3.63) is 30.0 Å². The second-order valence-electron chi connectivity index (χ2n) is 4.98. The maximum Gasteiger partial charge on any atom is 0.302 e. The lowest BCUT2D eigenvalue weighted by molar-refractivity contribution is -0.130. The molecule has 2 aromatic heterocycles. The van der Waals surface area contributed by atoms with Crippen molar-refractivity contribution < 1.29 is 15.8 Å². The second kappa shape index (κ2) is 6.24. The Morgan fingerprint density at radius 1 is 1.74 bits per heavy atom. The van der Waals surface area contributed by atoms with Gasteiger partial charge in [-0.2, -0.15) is 0 Å². The maximum atomic E-state index is 12.5. The quantitative estimate of drug-likeness (QED) is 0.871. The van der Waals surface area contributed by atoms with E-state index in [2.05, 4.69) is 19.8 Å². The van der Waals surface area contributed by atoms with Crippen LogP contribution in [0.3, 0.4) is 0 Å². The van der Waals surface area contributed by atoms with E-state index >= 15 is 0 Å². The number of fused-ring (bicyclic) bond motifs is 1. The number of rotatable bonds is 3. The zero-order valence-electron chi connectivity index (χ0n) is 20.6. The first-order valence-corrected chi connectivity index (χ1v) is 6.84. The lowest BCUT2D eigenvalue weighted by Crippen LogP contribution is -2.53. The molecule has 1 aliphatic heterocycles. The number of aromatic amines is 1. The molecule has 1 saturated heterocycles. The fourth-order valence-electron chi connectivity index (χ4n) is 2.28. The summed E-state index contributed by atoms with van der Waals surface area (Å²) < 4.78 is 67.5. The Morgan fingerprint density at radius 2 is 2.57 bits per heavy atom. The molecule has 1 N–H and O–H groups in total. The summed E-state index contributed by atoms with van der Waals surface area (Å²) in [6, 6.07) is -2.72. The van der Waals surface area contributed by atoms with Gasteiger partial charge in [-0.3, -0.25) is 4.79 Å². The molecule has 2 aromatic rings. The summed E-state index contributed by atoms with van der Waals surface area (Å²) in [5, 5.41) is 0.0874. The minimum absolute atomic E-state index is 0.0835. The average Bonchev–Trinajstić information content (AvgIpc) is 2.98. The molecule has 0 radical (unpaired) electrons. The predicted molar refractivity (Wildman–Crippen MR) is 87.9 cm³/mol. The Morgan fingerprint density at radius 3 is 3.35 bits per heavy atom. The summed E-state index contributed by atoms with van der Waals surface area (Å²) in [6.45, 7) is 1.53. The maximum absolute atomic E-state index is 12.5. The monoisotopic (exact) mass is 320 g/mol. The van der Waals surface area contributed by atoms with Crippen molar-refractivity contribution in [1.29, 1.82) is 0 Å². The van der Waals surface area contributed by atoms with E-state index in [1.807, 2.05) is 0 Å². The number of nitrogens with zero attached hydrogens (tertiary/aromatic N) is 5. The van der Waals surface area contributed by atoms with Gasteiger partial charge >= 0.3 is 5.91 Å². The highest BCUT2D eigenvalue weighted by atomic mass is 16.2. The van der Waals surface area contributed by atoms with Crippen LogP contribution in [0.2, 0.25) is 0 Å². The van der Waals surface area contributed by atoms with Gasteiger partial charge in [-0.1, -0.05) is 6.92 Å². The van der Waals surface area contributed by atoms with E-state index in [4.69, 9.17) is 17.5 Å². The Hall–Kier alpha value is -2.62. The van der Waals surface area contributed by atoms with Gasteiger partial charge in [0, 0.05) is 30.4 Å². The topological polar surface area (TPSA) is 69.5 Å². The predicted octanol–water partition coefficient (Wildman–Crippen LogP) is 1.55. The number of aromatic nitrogens is 3. The van der Waals surface area contributed by atoms with Gasteiger partial charge in [0.2, 0.25) is 0 Å². The minimum Gasteiger partial charge on any atom is -0.354 e. The third kappa shape index (κ3) is 2.84. The fraction of sp³-hybridized carbons (Fsp3) is 0.500. The van der Waals surface area contributed by atoms with E-state index in [1.54, 1.807) is 0 Å². The molecule has 7 heteroatoms. The molecule has 1 aliphatic rings. The summed E-state index contributed by atoms with van der Waals surface area (Å²) in [6.07, 6.45) is 0.0888. The van der Waals surface area contributed by atoms with Crippen molar-refractivity contribution in [2.75, 3.05) is 31.5 Å². The summed E-state index contributed by atoms with van der Waals surface area (Å²) in [4.78, 5) is 27.1. The molecule has 1 fully saturated rings. The molecule has 0 unspecified atom stereocenters. The van der Waals surface area contributed by atoms with Gasteiger partial charge in [-0.15, -0.1) is 0 Å². The molecule has 0 aliphatic carbocycles. The number of likely N-dealkylation sites (N-methyl/N-ethyl adjacent to an activating group) is 1. The van der Waals surface area contributed by atoms with Gasteiger partial charge in [0.15, 0.2) is 0 Å². The first-order chi connectivity index (χ1) is 14.1. The van der Waals surface area contributed by atoms with Crippen LogP contribution in [0.15, 0.2) is 18.5 Å². The fourth-order valence-corrected chi connectivity index (χ4v) is 2.28. The molecule has 1 amide bonds. The first-order valence-electron chi connectivity index (χ1n) is 10.8. The van der Waals surface area contributed by atoms with E-state index < -0.39 is 50.1 Å². The Kier molecular flexibility index (Phi) is 2.25. The van der Waals surface area contributed by atoms with Crippen LogP contribution in [0, 0.1) is 12.5 Å². The zero-order chi connectivity index (χ0) is 23.6. The highest BCUT2D eigenvalue weighted by Gasteiger charge is 2.33. The Balaban J connectivity index is 2.28. The van der Waals surface area contributed by atoms with Gasteiger partial charge in [0.05, 0.1) is 16.9 Å². The van der Waals surface area contributed by atoms with Crippen molar-refractivity contribution in [3.8, 4) is 0 Å². The van der Waals surface area contributed by atoms with Crippen LogP contribution in [0.4, 0.5) is 5.82 Å². The molecule has 0 bridgehead atoms. The minimum atomic E-state index is -3.10. The van der Waals surface area contributed by atoms with Crippen LogP contribution in [0.25, 0.3) is 15.9 Å². The second-order valence-corrected chi connectivity index (χ2v) is 4.98. The van der Waals surface area contributed by atoms with Crippen LogP contribution in [-0.4, -0.2) is 58.4 Å².